The van der Waals surface area contributed by atoms with Gasteiger partial charge in [0, 0.05) is 21.4 Å². The third-order valence-corrected chi connectivity index (χ3v) is 6.32. The normalized spacial score (nSPS) is 11.2. The lowest BCUT2D eigenvalue weighted by Gasteiger charge is -2.13. The van der Waals surface area contributed by atoms with Crippen molar-refractivity contribution in [2.45, 2.75) is 40.2 Å². The molecule has 3 N–H and O–H groups in total. The molecule has 4 aromatic rings. The average molecular weight is 478 g/mol. The summed E-state index contributed by atoms with van der Waals surface area (Å²) in [6, 6.07) is 11.1. The molecular formula is C25H27N5O3S. The van der Waals surface area contributed by atoms with Crippen molar-refractivity contribution >= 4 is 39.9 Å². The Morgan fingerprint density at radius 3 is 2.65 bits per heavy atom. The van der Waals surface area contributed by atoms with E-state index in [9.17, 15) is 9.59 Å². The van der Waals surface area contributed by atoms with Crippen LogP contribution in [-0.2, 0) is 4.79 Å². The SMILES string of the molecule is Cc1cc(-c2cc(C(=O)Nc3ccccc3OCCC(N)=O)c3cnn(C(C)C)c3n2)c(C)s1. The van der Waals surface area contributed by atoms with Crippen LogP contribution in [0.25, 0.3) is 22.3 Å². The number of ether oxygens (including phenoxy) is 1. The highest BCUT2D eigenvalue weighted by Gasteiger charge is 2.21. The van der Waals surface area contributed by atoms with Crippen LogP contribution in [0.15, 0.2) is 42.6 Å². The molecule has 0 aliphatic rings. The minimum absolute atomic E-state index is 0.0841. The number of aryl methyl sites for hydroxylation is 2. The van der Waals surface area contributed by atoms with Crippen LogP contribution in [0.4, 0.5) is 5.69 Å². The summed E-state index contributed by atoms with van der Waals surface area (Å²) in [7, 11) is 0. The molecule has 4 rings (SSSR count). The molecule has 8 nitrogen and oxygen atoms in total. The van der Waals surface area contributed by atoms with E-state index in [0.717, 1.165) is 16.1 Å². The van der Waals surface area contributed by atoms with Gasteiger partial charge in [-0.3, -0.25) is 9.59 Å². The first-order chi connectivity index (χ1) is 16.2. The summed E-state index contributed by atoms with van der Waals surface area (Å²) in [5, 5.41) is 8.11. The molecule has 0 aliphatic heterocycles. The van der Waals surface area contributed by atoms with Crippen LogP contribution in [0, 0.1) is 13.8 Å². The lowest BCUT2D eigenvalue weighted by atomic mass is 10.1. The number of carbonyl (C=O) groups is 2. The zero-order valence-corrected chi connectivity index (χ0v) is 20.4. The largest absolute Gasteiger partial charge is 0.491 e. The quantitative estimate of drug-likeness (QED) is 0.376. The third kappa shape index (κ3) is 4.79. The van der Waals surface area contributed by atoms with Crippen LogP contribution in [0.2, 0.25) is 0 Å². The molecule has 9 heteroatoms. The highest BCUT2D eigenvalue weighted by Crippen LogP contribution is 2.33. The first-order valence-corrected chi connectivity index (χ1v) is 11.8. The number of carbonyl (C=O) groups excluding carboxylic acids is 2. The number of para-hydroxylation sites is 2. The van der Waals surface area contributed by atoms with Crippen molar-refractivity contribution < 1.29 is 14.3 Å². The van der Waals surface area contributed by atoms with Gasteiger partial charge in [0.15, 0.2) is 5.65 Å². The van der Waals surface area contributed by atoms with E-state index in [4.69, 9.17) is 15.5 Å². The fourth-order valence-electron chi connectivity index (χ4n) is 3.75. The van der Waals surface area contributed by atoms with Crippen LogP contribution >= 0.6 is 11.3 Å². The van der Waals surface area contributed by atoms with Crippen molar-refractivity contribution in [3.63, 3.8) is 0 Å². The predicted molar refractivity (Wildman–Crippen MR) is 134 cm³/mol. The lowest BCUT2D eigenvalue weighted by molar-refractivity contribution is -0.118. The Morgan fingerprint density at radius 2 is 1.97 bits per heavy atom. The van der Waals surface area contributed by atoms with Gasteiger partial charge in [0.1, 0.15) is 5.75 Å². The van der Waals surface area contributed by atoms with Gasteiger partial charge in [0.05, 0.1) is 41.6 Å². The van der Waals surface area contributed by atoms with Crippen molar-refractivity contribution in [2.75, 3.05) is 11.9 Å². The number of hydrogen-bond donors (Lipinski definition) is 2. The molecule has 0 spiro atoms. The number of benzene rings is 1. The molecule has 0 unspecified atom stereocenters. The minimum Gasteiger partial charge on any atom is -0.491 e. The summed E-state index contributed by atoms with van der Waals surface area (Å²) in [6.45, 7) is 8.29. The number of anilines is 1. The zero-order valence-electron chi connectivity index (χ0n) is 19.6. The molecule has 0 atom stereocenters. The van der Waals surface area contributed by atoms with Crippen LogP contribution < -0.4 is 15.8 Å². The van der Waals surface area contributed by atoms with Crippen LogP contribution in [-0.4, -0.2) is 33.2 Å². The summed E-state index contributed by atoms with van der Waals surface area (Å²) < 4.78 is 7.50. The zero-order chi connectivity index (χ0) is 24.4. The van der Waals surface area contributed by atoms with Crippen molar-refractivity contribution in [3.8, 4) is 17.0 Å². The van der Waals surface area contributed by atoms with Crippen molar-refractivity contribution in [2.24, 2.45) is 5.73 Å². The number of pyridine rings is 1. The average Bonchev–Trinajstić information content (AvgIpc) is 3.36. The van der Waals surface area contributed by atoms with E-state index in [1.807, 2.05) is 24.6 Å². The standard InChI is InChI=1S/C25H27N5O3S/c1-14(2)30-24-19(13-27-30)18(12-21(28-24)17-11-15(3)34-16(17)4)25(32)29-20-7-5-6-8-22(20)33-10-9-23(26)31/h5-8,11-14H,9-10H2,1-4H3,(H2,26,31)(H,29,32). The predicted octanol–water partition coefficient (Wildman–Crippen LogP) is 4.86. The van der Waals surface area contributed by atoms with Crippen LogP contribution in [0.5, 0.6) is 5.75 Å². The number of aromatic nitrogens is 3. The number of fused-ring (bicyclic) bond motifs is 1. The van der Waals surface area contributed by atoms with Gasteiger partial charge < -0.3 is 15.8 Å². The van der Waals surface area contributed by atoms with Gasteiger partial charge in [0.25, 0.3) is 5.91 Å². The Labute approximate surface area is 201 Å². The van der Waals surface area contributed by atoms with Gasteiger partial charge in [-0.15, -0.1) is 11.3 Å². The number of rotatable bonds is 8. The molecular weight excluding hydrogens is 450 g/mol. The fourth-order valence-corrected chi connectivity index (χ4v) is 4.69. The van der Waals surface area contributed by atoms with E-state index in [2.05, 4.69) is 30.3 Å². The molecule has 0 saturated carbocycles. The second kappa shape index (κ2) is 9.64. The number of hydrogen-bond acceptors (Lipinski definition) is 6. The van der Waals surface area contributed by atoms with Gasteiger partial charge in [0.2, 0.25) is 5.91 Å². The van der Waals surface area contributed by atoms with Gasteiger partial charge in [-0.1, -0.05) is 12.1 Å². The second-order valence-electron chi connectivity index (χ2n) is 8.32. The minimum atomic E-state index is -0.450. The smallest absolute Gasteiger partial charge is 0.256 e. The Kier molecular flexibility index (Phi) is 6.65. The Bertz CT molecular complexity index is 1370. The topological polar surface area (TPSA) is 112 Å². The Balaban J connectivity index is 1.75. The Morgan fingerprint density at radius 1 is 1.21 bits per heavy atom. The number of primary amides is 1. The molecule has 3 heterocycles. The molecule has 2 amide bonds. The van der Waals surface area contributed by atoms with E-state index in [0.29, 0.717) is 28.0 Å². The van der Waals surface area contributed by atoms with E-state index >= 15 is 0 Å². The number of nitrogens with one attached hydrogen (secondary N) is 1. The van der Waals surface area contributed by atoms with Gasteiger partial charge in [-0.2, -0.15) is 5.10 Å². The van der Waals surface area contributed by atoms with Crippen molar-refractivity contribution in [3.05, 3.63) is 57.9 Å². The van der Waals surface area contributed by atoms with E-state index in [1.165, 1.54) is 4.88 Å². The van der Waals surface area contributed by atoms with Gasteiger partial charge in [-0.25, -0.2) is 9.67 Å². The maximum Gasteiger partial charge on any atom is 0.256 e. The maximum atomic E-state index is 13.5. The first-order valence-electron chi connectivity index (χ1n) is 11.0. The lowest BCUT2D eigenvalue weighted by Crippen LogP contribution is -2.16. The van der Waals surface area contributed by atoms with Crippen molar-refractivity contribution in [1.29, 1.82) is 0 Å². The molecule has 0 saturated heterocycles. The summed E-state index contributed by atoms with van der Waals surface area (Å²) in [5.74, 6) is -0.285. The first kappa shape index (κ1) is 23.4. The van der Waals surface area contributed by atoms with Gasteiger partial charge >= 0.3 is 0 Å². The van der Waals surface area contributed by atoms with Crippen LogP contribution in [0.3, 0.4) is 0 Å². The highest BCUT2D eigenvalue weighted by molar-refractivity contribution is 7.12. The highest BCUT2D eigenvalue weighted by atomic mass is 32.1. The molecule has 0 aliphatic carbocycles. The molecule has 3 aromatic heterocycles. The van der Waals surface area contributed by atoms with E-state index in [-0.39, 0.29) is 25.0 Å². The maximum absolute atomic E-state index is 13.5. The number of nitrogens with zero attached hydrogens (tertiary/aromatic N) is 3. The molecule has 0 bridgehead atoms. The second-order valence-corrected chi connectivity index (χ2v) is 9.78. The number of nitrogens with two attached hydrogens (primary N) is 1. The van der Waals surface area contributed by atoms with Crippen LogP contribution in [0.1, 0.15) is 46.4 Å². The molecule has 1 aromatic carbocycles. The summed E-state index contributed by atoms with van der Waals surface area (Å²) in [4.78, 5) is 31.8. The van der Waals surface area contributed by atoms with E-state index in [1.54, 1.807) is 41.8 Å². The van der Waals surface area contributed by atoms with Gasteiger partial charge in [-0.05, 0) is 52.0 Å². The van der Waals surface area contributed by atoms with Crippen molar-refractivity contribution in [1.82, 2.24) is 14.8 Å². The van der Waals surface area contributed by atoms with E-state index < -0.39 is 5.91 Å². The number of thiophene rings is 1. The number of amides is 2. The molecule has 0 radical (unpaired) electrons. The summed E-state index contributed by atoms with van der Waals surface area (Å²) in [5.41, 5.74) is 8.57. The molecule has 176 valence electrons. The summed E-state index contributed by atoms with van der Waals surface area (Å²) >= 11 is 1.70. The summed E-state index contributed by atoms with van der Waals surface area (Å²) in [6.07, 6.45) is 1.77. The molecule has 34 heavy (non-hydrogen) atoms. The third-order valence-electron chi connectivity index (χ3n) is 5.36. The Hall–Kier alpha value is -3.72. The monoisotopic (exact) mass is 477 g/mol. The molecule has 0 fully saturated rings. The fraction of sp³-hybridized carbons (Fsp3) is 0.280.